The Balaban J connectivity index is 1.78. The van der Waals surface area contributed by atoms with Crippen molar-refractivity contribution < 1.29 is 19.0 Å². The average Bonchev–Trinajstić information content (AvgIpc) is 2.86. The number of hydrogen-bond acceptors (Lipinski definition) is 5. The van der Waals surface area contributed by atoms with E-state index in [9.17, 15) is 10.1 Å². The highest BCUT2D eigenvalue weighted by Gasteiger charge is 2.14. The van der Waals surface area contributed by atoms with E-state index in [1.165, 1.54) is 13.2 Å². The van der Waals surface area contributed by atoms with Gasteiger partial charge in [-0.05, 0) is 48.5 Å². The molecule has 0 spiro atoms. The molecule has 0 unspecified atom stereocenters. The van der Waals surface area contributed by atoms with Crippen molar-refractivity contribution in [3.8, 4) is 23.3 Å². The van der Waals surface area contributed by atoms with Gasteiger partial charge in [-0.3, -0.25) is 4.79 Å². The molecule has 3 rings (SSSR count). The summed E-state index contributed by atoms with van der Waals surface area (Å²) in [5.74, 6) is 1.15. The Kier molecular flexibility index (Phi) is 9.44. The molecule has 0 saturated carbocycles. The van der Waals surface area contributed by atoms with Crippen LogP contribution in [0, 0.1) is 11.3 Å². The highest BCUT2D eigenvalue weighted by atomic mass is 79.9. The van der Waals surface area contributed by atoms with E-state index in [0.29, 0.717) is 32.9 Å². The first-order chi connectivity index (χ1) is 16.8. The van der Waals surface area contributed by atoms with Gasteiger partial charge in [0.1, 0.15) is 35.5 Å². The normalized spacial score (nSPS) is 10.9. The topological polar surface area (TPSA) is 80.6 Å². The Labute approximate surface area is 222 Å². The van der Waals surface area contributed by atoms with Crippen LogP contribution in [0.25, 0.3) is 6.08 Å². The molecule has 0 radical (unpaired) electrons. The average molecular weight is 576 g/mol. The number of amides is 1. The molecule has 6 nitrogen and oxygen atoms in total. The molecule has 0 heterocycles. The van der Waals surface area contributed by atoms with Crippen molar-refractivity contribution in [3.05, 3.63) is 91.4 Å². The first kappa shape index (κ1) is 26.4. The number of rotatable bonds is 9. The number of nitriles is 1. The summed E-state index contributed by atoms with van der Waals surface area (Å²) < 4.78 is 17.3. The molecule has 0 aliphatic rings. The quantitative estimate of drug-likeness (QED) is 0.230. The smallest absolute Gasteiger partial charge is 0.262 e. The molecule has 0 saturated heterocycles. The number of ether oxygens (including phenoxy) is 3. The van der Waals surface area contributed by atoms with Crippen molar-refractivity contribution in [1.82, 2.24) is 5.32 Å². The van der Waals surface area contributed by atoms with E-state index in [0.717, 1.165) is 15.6 Å². The molecule has 0 aliphatic carbocycles. The van der Waals surface area contributed by atoms with Gasteiger partial charge < -0.3 is 19.5 Å². The number of methoxy groups -OCH3 is 2. The number of halogens is 3. The number of carbonyl (C=O) groups is 1. The predicted molar refractivity (Wildman–Crippen MR) is 140 cm³/mol. The van der Waals surface area contributed by atoms with Crippen LogP contribution < -0.4 is 19.5 Å². The number of benzene rings is 3. The summed E-state index contributed by atoms with van der Waals surface area (Å²) in [5, 5.41) is 13.4. The second-order valence-corrected chi connectivity index (χ2v) is 9.00. The van der Waals surface area contributed by atoms with Gasteiger partial charge in [-0.15, -0.1) is 0 Å². The lowest BCUT2D eigenvalue weighted by atomic mass is 10.1. The number of hydrogen-bond donors (Lipinski definition) is 1. The number of carbonyl (C=O) groups excluding carboxylic acids is 1. The van der Waals surface area contributed by atoms with Gasteiger partial charge in [-0.1, -0.05) is 45.2 Å². The molecular formula is C26H21BrCl2N2O4. The third kappa shape index (κ3) is 7.15. The standard InChI is InChI=1S/C26H21BrCl2N2O4/c1-33-22-7-4-16(25(12-22)34-2)14-31-26(32)19(13-30)9-18-10-20(27)5-8-24(18)35-15-17-3-6-21(28)11-23(17)29/h3-12H,14-15H2,1-2H3,(H,31,32)/b19-9+. The summed E-state index contributed by atoms with van der Waals surface area (Å²) in [6.07, 6.45) is 1.48. The Morgan fingerprint density at radius 1 is 1.03 bits per heavy atom. The molecule has 9 heteroatoms. The molecule has 3 aromatic carbocycles. The van der Waals surface area contributed by atoms with Crippen LogP contribution in [0.1, 0.15) is 16.7 Å². The summed E-state index contributed by atoms with van der Waals surface area (Å²) in [5.41, 5.74) is 1.97. The molecule has 0 bridgehead atoms. The van der Waals surface area contributed by atoms with E-state index in [-0.39, 0.29) is 18.7 Å². The Morgan fingerprint density at radius 3 is 2.49 bits per heavy atom. The van der Waals surface area contributed by atoms with E-state index >= 15 is 0 Å². The maximum atomic E-state index is 12.8. The minimum atomic E-state index is -0.531. The van der Waals surface area contributed by atoms with Crippen molar-refractivity contribution in [3.63, 3.8) is 0 Å². The van der Waals surface area contributed by atoms with E-state index in [1.54, 1.807) is 61.7 Å². The van der Waals surface area contributed by atoms with Gasteiger partial charge in [0.05, 0.1) is 14.2 Å². The van der Waals surface area contributed by atoms with Crippen molar-refractivity contribution >= 4 is 51.1 Å². The van der Waals surface area contributed by atoms with Gasteiger partial charge in [0.25, 0.3) is 5.91 Å². The van der Waals surface area contributed by atoms with Gasteiger partial charge >= 0.3 is 0 Å². The van der Waals surface area contributed by atoms with Crippen LogP contribution in [-0.4, -0.2) is 20.1 Å². The fourth-order valence-corrected chi connectivity index (χ4v) is 3.97. The Bertz CT molecular complexity index is 1300. The van der Waals surface area contributed by atoms with Crippen molar-refractivity contribution in [1.29, 1.82) is 5.26 Å². The monoisotopic (exact) mass is 574 g/mol. The van der Waals surface area contributed by atoms with Crippen LogP contribution >= 0.6 is 39.1 Å². The SMILES string of the molecule is COc1ccc(CNC(=O)/C(C#N)=C/c2cc(Br)ccc2OCc2ccc(Cl)cc2Cl)c(OC)c1. The summed E-state index contributed by atoms with van der Waals surface area (Å²) >= 11 is 15.6. The Morgan fingerprint density at radius 2 is 1.80 bits per heavy atom. The maximum absolute atomic E-state index is 12.8. The summed E-state index contributed by atoms with van der Waals surface area (Å²) in [7, 11) is 3.09. The lowest BCUT2D eigenvalue weighted by molar-refractivity contribution is -0.117. The molecule has 3 aromatic rings. The highest BCUT2D eigenvalue weighted by molar-refractivity contribution is 9.10. The molecule has 1 N–H and O–H groups in total. The summed E-state index contributed by atoms with van der Waals surface area (Å²) in [6.45, 7) is 0.353. The molecule has 180 valence electrons. The van der Waals surface area contributed by atoms with E-state index in [1.807, 2.05) is 6.07 Å². The Hall–Kier alpha value is -3.18. The summed E-state index contributed by atoms with van der Waals surface area (Å²) in [6, 6.07) is 17.7. The maximum Gasteiger partial charge on any atom is 0.262 e. The molecule has 0 atom stereocenters. The fourth-order valence-electron chi connectivity index (χ4n) is 3.13. The fraction of sp³-hybridized carbons (Fsp3) is 0.154. The van der Waals surface area contributed by atoms with Gasteiger partial charge in [0.15, 0.2) is 0 Å². The van der Waals surface area contributed by atoms with Gasteiger partial charge in [-0.2, -0.15) is 5.26 Å². The van der Waals surface area contributed by atoms with Gasteiger partial charge in [0, 0.05) is 43.8 Å². The zero-order chi connectivity index (χ0) is 25.4. The second kappa shape index (κ2) is 12.5. The molecule has 0 aromatic heterocycles. The molecular weight excluding hydrogens is 555 g/mol. The third-order valence-electron chi connectivity index (χ3n) is 4.97. The first-order valence-electron chi connectivity index (χ1n) is 10.3. The van der Waals surface area contributed by atoms with Crippen molar-refractivity contribution in [2.45, 2.75) is 13.2 Å². The largest absolute Gasteiger partial charge is 0.497 e. The lowest BCUT2D eigenvalue weighted by Gasteiger charge is -2.12. The van der Waals surface area contributed by atoms with Crippen LogP contribution in [0.3, 0.4) is 0 Å². The zero-order valence-corrected chi connectivity index (χ0v) is 22.0. The van der Waals surface area contributed by atoms with Crippen molar-refractivity contribution in [2.75, 3.05) is 14.2 Å². The van der Waals surface area contributed by atoms with Crippen LogP contribution in [-0.2, 0) is 17.9 Å². The lowest BCUT2D eigenvalue weighted by Crippen LogP contribution is -2.24. The minimum absolute atomic E-state index is 0.0787. The highest BCUT2D eigenvalue weighted by Crippen LogP contribution is 2.29. The molecule has 0 fully saturated rings. The van der Waals surface area contributed by atoms with Crippen LogP contribution in [0.4, 0.5) is 0 Å². The predicted octanol–water partition coefficient (Wildman–Crippen LogP) is 6.58. The summed E-state index contributed by atoms with van der Waals surface area (Å²) in [4.78, 5) is 12.8. The van der Waals surface area contributed by atoms with Gasteiger partial charge in [0.2, 0.25) is 0 Å². The molecule has 35 heavy (non-hydrogen) atoms. The van der Waals surface area contributed by atoms with E-state index < -0.39 is 5.91 Å². The zero-order valence-electron chi connectivity index (χ0n) is 18.9. The van der Waals surface area contributed by atoms with Crippen molar-refractivity contribution in [2.24, 2.45) is 0 Å². The number of nitrogens with zero attached hydrogens (tertiary/aromatic N) is 1. The third-order valence-corrected chi connectivity index (χ3v) is 6.05. The van der Waals surface area contributed by atoms with Crippen LogP contribution in [0.15, 0.2) is 64.6 Å². The van der Waals surface area contributed by atoms with Crippen LogP contribution in [0.5, 0.6) is 17.2 Å². The van der Waals surface area contributed by atoms with Crippen LogP contribution in [0.2, 0.25) is 10.0 Å². The number of nitrogens with one attached hydrogen (secondary N) is 1. The van der Waals surface area contributed by atoms with E-state index in [4.69, 9.17) is 37.4 Å². The second-order valence-electron chi connectivity index (χ2n) is 7.24. The van der Waals surface area contributed by atoms with Gasteiger partial charge in [-0.25, -0.2) is 0 Å². The molecule has 1 amide bonds. The first-order valence-corrected chi connectivity index (χ1v) is 11.9. The minimum Gasteiger partial charge on any atom is -0.497 e. The van der Waals surface area contributed by atoms with E-state index in [2.05, 4.69) is 21.2 Å². The molecule has 0 aliphatic heterocycles.